The molecule has 0 spiro atoms. The highest BCUT2D eigenvalue weighted by Crippen LogP contribution is 2.43. The number of hydrogen-bond donors (Lipinski definition) is 1. The predicted octanol–water partition coefficient (Wildman–Crippen LogP) is 3.05. The minimum Gasteiger partial charge on any atom is -0.345 e. The molecule has 2 aliphatic carbocycles. The molecule has 1 aliphatic heterocycles. The van der Waals surface area contributed by atoms with Crippen molar-refractivity contribution in [3.63, 3.8) is 0 Å². The average molecular weight is 292 g/mol. The molecule has 3 aliphatic rings. The van der Waals surface area contributed by atoms with Crippen molar-refractivity contribution in [2.75, 3.05) is 26.7 Å². The maximum atomic E-state index is 12.8. The van der Waals surface area contributed by atoms with Gasteiger partial charge in [-0.1, -0.05) is 25.7 Å². The number of nitrogens with one attached hydrogen (secondary N) is 1. The van der Waals surface area contributed by atoms with Gasteiger partial charge in [0.2, 0.25) is 5.91 Å². The second-order valence-electron chi connectivity index (χ2n) is 7.75. The Bertz CT molecular complexity index is 351. The summed E-state index contributed by atoms with van der Waals surface area (Å²) in [6.45, 7) is 3.20. The zero-order valence-electron chi connectivity index (χ0n) is 13.7. The van der Waals surface area contributed by atoms with E-state index in [0.717, 1.165) is 37.9 Å². The van der Waals surface area contributed by atoms with Crippen LogP contribution in [0.4, 0.5) is 0 Å². The lowest BCUT2D eigenvalue weighted by atomic mass is 9.67. The van der Waals surface area contributed by atoms with Gasteiger partial charge in [-0.05, 0) is 62.9 Å². The maximum Gasteiger partial charge on any atom is 0.225 e. The largest absolute Gasteiger partial charge is 0.345 e. The third-order valence-electron chi connectivity index (χ3n) is 6.20. The molecule has 4 atom stereocenters. The molecule has 1 N–H and O–H groups in total. The van der Waals surface area contributed by atoms with Crippen LogP contribution in [-0.2, 0) is 4.79 Å². The van der Waals surface area contributed by atoms with E-state index in [4.69, 9.17) is 0 Å². The van der Waals surface area contributed by atoms with Crippen molar-refractivity contribution in [3.05, 3.63) is 0 Å². The van der Waals surface area contributed by atoms with Gasteiger partial charge in [0.15, 0.2) is 0 Å². The molecule has 1 heterocycles. The van der Waals surface area contributed by atoms with E-state index >= 15 is 0 Å². The second-order valence-corrected chi connectivity index (χ2v) is 7.75. The number of rotatable bonds is 3. The topological polar surface area (TPSA) is 32.3 Å². The Morgan fingerprint density at radius 2 is 1.86 bits per heavy atom. The van der Waals surface area contributed by atoms with Crippen LogP contribution in [0.15, 0.2) is 0 Å². The highest BCUT2D eigenvalue weighted by Gasteiger charge is 2.36. The minimum absolute atomic E-state index is 0.325. The highest BCUT2D eigenvalue weighted by molar-refractivity contribution is 5.78. The van der Waals surface area contributed by atoms with Gasteiger partial charge in [0.25, 0.3) is 0 Å². The quantitative estimate of drug-likeness (QED) is 0.867. The molecule has 3 rings (SSSR count). The van der Waals surface area contributed by atoms with Crippen LogP contribution in [0, 0.1) is 23.7 Å². The van der Waals surface area contributed by atoms with Gasteiger partial charge in [0, 0.05) is 19.5 Å². The first-order chi connectivity index (χ1) is 10.2. The monoisotopic (exact) mass is 292 g/mol. The fraction of sp³-hybridized carbons (Fsp3) is 0.944. The summed E-state index contributed by atoms with van der Waals surface area (Å²) in [5.74, 6) is 3.22. The molecule has 3 fully saturated rings. The van der Waals surface area contributed by atoms with Gasteiger partial charge < -0.3 is 10.2 Å². The summed E-state index contributed by atoms with van der Waals surface area (Å²) in [5, 5.41) is 3.46. The van der Waals surface area contributed by atoms with Crippen LogP contribution < -0.4 is 5.32 Å². The molecule has 0 aromatic rings. The standard InChI is InChI=1S/C18H32N2O/c1-20(13-14-5-4-10-19-12-14)18(21)17-9-8-15-6-2-3-7-16(15)11-17/h14-17,19H,2-13H2,1H3. The van der Waals surface area contributed by atoms with Gasteiger partial charge in [-0.15, -0.1) is 0 Å². The number of nitrogens with zero attached hydrogens (tertiary/aromatic N) is 1. The summed E-state index contributed by atoms with van der Waals surface area (Å²) in [6.07, 6.45) is 11.8. The molecule has 3 heteroatoms. The van der Waals surface area contributed by atoms with Gasteiger partial charge in [0.1, 0.15) is 0 Å². The highest BCUT2D eigenvalue weighted by atomic mass is 16.2. The molecule has 2 saturated carbocycles. The van der Waals surface area contributed by atoms with Gasteiger partial charge in [-0.25, -0.2) is 0 Å². The Hall–Kier alpha value is -0.570. The van der Waals surface area contributed by atoms with E-state index < -0.39 is 0 Å². The first-order valence-electron chi connectivity index (χ1n) is 9.19. The normalized spacial score (nSPS) is 36.8. The summed E-state index contributed by atoms with van der Waals surface area (Å²) in [6, 6.07) is 0. The number of amides is 1. The van der Waals surface area contributed by atoms with Crippen LogP contribution in [0.25, 0.3) is 0 Å². The van der Waals surface area contributed by atoms with E-state index in [1.807, 2.05) is 11.9 Å². The lowest BCUT2D eigenvalue weighted by Crippen LogP contribution is -2.43. The zero-order chi connectivity index (χ0) is 14.7. The van der Waals surface area contributed by atoms with Crippen molar-refractivity contribution in [2.45, 2.75) is 57.8 Å². The molecular weight excluding hydrogens is 260 g/mol. The van der Waals surface area contributed by atoms with Crippen molar-refractivity contribution in [2.24, 2.45) is 23.7 Å². The number of carbonyl (C=O) groups excluding carboxylic acids is 1. The number of hydrogen-bond acceptors (Lipinski definition) is 2. The van der Waals surface area contributed by atoms with E-state index in [-0.39, 0.29) is 0 Å². The predicted molar refractivity (Wildman–Crippen MR) is 86.0 cm³/mol. The molecule has 120 valence electrons. The van der Waals surface area contributed by atoms with Crippen molar-refractivity contribution in [1.82, 2.24) is 10.2 Å². The SMILES string of the molecule is CN(CC1CCCNC1)C(=O)C1CCC2CCCCC2C1. The van der Waals surface area contributed by atoms with Crippen molar-refractivity contribution in [3.8, 4) is 0 Å². The molecule has 0 aromatic heterocycles. The second kappa shape index (κ2) is 7.13. The third kappa shape index (κ3) is 3.80. The first kappa shape index (κ1) is 15.3. The Morgan fingerprint density at radius 1 is 1.05 bits per heavy atom. The summed E-state index contributed by atoms with van der Waals surface area (Å²) in [5.41, 5.74) is 0. The molecule has 21 heavy (non-hydrogen) atoms. The van der Waals surface area contributed by atoms with Crippen LogP contribution in [0.3, 0.4) is 0 Å². The molecular formula is C18H32N2O. The van der Waals surface area contributed by atoms with E-state index in [9.17, 15) is 4.79 Å². The molecule has 1 amide bonds. The lowest BCUT2D eigenvalue weighted by molar-refractivity contribution is -0.137. The van der Waals surface area contributed by atoms with Gasteiger partial charge >= 0.3 is 0 Å². The maximum absolute atomic E-state index is 12.8. The van der Waals surface area contributed by atoms with Crippen LogP contribution in [0.5, 0.6) is 0 Å². The van der Waals surface area contributed by atoms with Crippen molar-refractivity contribution in [1.29, 1.82) is 0 Å². The van der Waals surface area contributed by atoms with Gasteiger partial charge in [0.05, 0.1) is 0 Å². The summed E-state index contributed by atoms with van der Waals surface area (Å²) in [7, 11) is 2.03. The number of carbonyl (C=O) groups is 1. The van der Waals surface area contributed by atoms with Crippen LogP contribution in [0.2, 0.25) is 0 Å². The molecule has 0 aromatic carbocycles. The van der Waals surface area contributed by atoms with Gasteiger partial charge in [-0.2, -0.15) is 0 Å². The lowest BCUT2D eigenvalue weighted by Gasteiger charge is -2.40. The van der Waals surface area contributed by atoms with Crippen LogP contribution >= 0.6 is 0 Å². The van der Waals surface area contributed by atoms with E-state index in [1.165, 1.54) is 51.4 Å². The molecule has 4 unspecified atom stereocenters. The summed E-state index contributed by atoms with van der Waals surface area (Å²) < 4.78 is 0. The van der Waals surface area contributed by atoms with Crippen LogP contribution in [0.1, 0.15) is 57.8 Å². The number of fused-ring (bicyclic) bond motifs is 1. The zero-order valence-corrected chi connectivity index (χ0v) is 13.7. The Kier molecular flexibility index (Phi) is 5.20. The molecule has 0 radical (unpaired) electrons. The summed E-state index contributed by atoms with van der Waals surface area (Å²) in [4.78, 5) is 14.8. The average Bonchev–Trinajstić information content (AvgIpc) is 2.54. The molecule has 0 bridgehead atoms. The van der Waals surface area contributed by atoms with E-state index in [2.05, 4.69) is 5.32 Å². The van der Waals surface area contributed by atoms with Crippen molar-refractivity contribution >= 4 is 5.91 Å². The summed E-state index contributed by atoms with van der Waals surface area (Å²) >= 11 is 0. The Balaban J connectivity index is 1.49. The van der Waals surface area contributed by atoms with E-state index in [0.29, 0.717) is 17.7 Å². The molecule has 3 nitrogen and oxygen atoms in total. The number of piperidine rings is 1. The van der Waals surface area contributed by atoms with Gasteiger partial charge in [-0.3, -0.25) is 4.79 Å². The Labute approximate surface area is 129 Å². The van der Waals surface area contributed by atoms with Crippen LogP contribution in [-0.4, -0.2) is 37.5 Å². The fourth-order valence-electron chi connectivity index (χ4n) is 4.97. The fourth-order valence-corrected chi connectivity index (χ4v) is 4.97. The first-order valence-corrected chi connectivity index (χ1v) is 9.19. The third-order valence-corrected chi connectivity index (χ3v) is 6.20. The minimum atomic E-state index is 0.325. The Morgan fingerprint density at radius 3 is 2.62 bits per heavy atom. The smallest absolute Gasteiger partial charge is 0.225 e. The van der Waals surface area contributed by atoms with Crippen molar-refractivity contribution < 1.29 is 4.79 Å². The van der Waals surface area contributed by atoms with E-state index in [1.54, 1.807) is 0 Å². The molecule has 1 saturated heterocycles.